The summed E-state index contributed by atoms with van der Waals surface area (Å²) in [5.41, 5.74) is 1.56. The molecule has 1 aromatic heterocycles. The first-order chi connectivity index (χ1) is 10.2. The van der Waals surface area contributed by atoms with Gasteiger partial charge in [0.05, 0.1) is 11.9 Å². The van der Waals surface area contributed by atoms with Gasteiger partial charge in [-0.25, -0.2) is 4.68 Å². The fourth-order valence-electron chi connectivity index (χ4n) is 1.77. The van der Waals surface area contributed by atoms with Gasteiger partial charge in [-0.3, -0.25) is 9.59 Å². The number of aromatic nitrogens is 3. The van der Waals surface area contributed by atoms with Gasteiger partial charge in [-0.15, -0.1) is 5.10 Å². The van der Waals surface area contributed by atoms with Crippen LogP contribution in [0.1, 0.15) is 34.7 Å². The zero-order valence-corrected chi connectivity index (χ0v) is 12.0. The molecule has 1 heterocycles. The summed E-state index contributed by atoms with van der Waals surface area (Å²) in [7, 11) is 0. The summed E-state index contributed by atoms with van der Waals surface area (Å²) < 4.78 is 1.49. The van der Waals surface area contributed by atoms with Gasteiger partial charge in [-0.1, -0.05) is 5.21 Å². The van der Waals surface area contributed by atoms with Gasteiger partial charge in [0.25, 0.3) is 11.8 Å². The Morgan fingerprint density at radius 2 is 1.67 bits per heavy atom. The summed E-state index contributed by atoms with van der Waals surface area (Å²) in [6.45, 7) is 4.82. The lowest BCUT2D eigenvalue weighted by atomic mass is 10.2. The quantitative estimate of drug-likeness (QED) is 0.850. The number of hydrogen-bond acceptors (Lipinski definition) is 4. The Hall–Kier alpha value is -2.70. The van der Waals surface area contributed by atoms with Gasteiger partial charge >= 0.3 is 0 Å². The molecule has 0 unspecified atom stereocenters. The van der Waals surface area contributed by atoms with E-state index in [1.807, 2.05) is 13.8 Å². The van der Waals surface area contributed by atoms with Crippen LogP contribution < -0.4 is 10.6 Å². The minimum atomic E-state index is -0.261. The van der Waals surface area contributed by atoms with Crippen molar-refractivity contribution in [3.63, 3.8) is 0 Å². The molecule has 7 nitrogen and oxygen atoms in total. The third-order valence-electron chi connectivity index (χ3n) is 2.79. The molecule has 2 amide bonds. The summed E-state index contributed by atoms with van der Waals surface area (Å²) in [5, 5.41) is 13.1. The molecule has 0 bridgehead atoms. The van der Waals surface area contributed by atoms with Crippen LogP contribution >= 0.6 is 0 Å². The van der Waals surface area contributed by atoms with E-state index in [0.29, 0.717) is 18.7 Å². The van der Waals surface area contributed by atoms with E-state index in [4.69, 9.17) is 0 Å². The van der Waals surface area contributed by atoms with Crippen molar-refractivity contribution in [2.24, 2.45) is 0 Å². The second-order valence-corrected chi connectivity index (χ2v) is 4.31. The van der Waals surface area contributed by atoms with E-state index in [2.05, 4.69) is 20.9 Å². The van der Waals surface area contributed by atoms with Crippen LogP contribution in [0.4, 0.5) is 0 Å². The number of rotatable bonds is 5. The van der Waals surface area contributed by atoms with Crippen LogP contribution in [0.5, 0.6) is 0 Å². The monoisotopic (exact) mass is 287 g/mol. The highest BCUT2D eigenvalue weighted by molar-refractivity contribution is 5.94. The fourth-order valence-corrected chi connectivity index (χ4v) is 1.77. The largest absolute Gasteiger partial charge is 0.352 e. The Labute approximate surface area is 122 Å². The van der Waals surface area contributed by atoms with Crippen LogP contribution in [-0.2, 0) is 0 Å². The van der Waals surface area contributed by atoms with Crippen molar-refractivity contribution >= 4 is 11.8 Å². The summed E-state index contributed by atoms with van der Waals surface area (Å²) in [5.74, 6) is -0.381. The Kier molecular flexibility index (Phi) is 4.65. The third-order valence-corrected chi connectivity index (χ3v) is 2.79. The topological polar surface area (TPSA) is 88.9 Å². The van der Waals surface area contributed by atoms with Crippen LogP contribution in [0.2, 0.25) is 0 Å². The van der Waals surface area contributed by atoms with E-state index in [1.54, 1.807) is 30.5 Å². The van der Waals surface area contributed by atoms with E-state index >= 15 is 0 Å². The summed E-state index contributed by atoms with van der Waals surface area (Å²) in [6, 6.07) is 6.91. The van der Waals surface area contributed by atoms with Crippen LogP contribution in [0.25, 0.3) is 5.69 Å². The zero-order chi connectivity index (χ0) is 15.2. The van der Waals surface area contributed by atoms with Gasteiger partial charge in [0, 0.05) is 18.7 Å². The molecule has 0 aliphatic rings. The molecule has 7 heteroatoms. The summed E-state index contributed by atoms with van der Waals surface area (Å²) in [6.07, 6.45) is 1.55. The van der Waals surface area contributed by atoms with Crippen LogP contribution in [0, 0.1) is 0 Å². The van der Waals surface area contributed by atoms with E-state index in [0.717, 1.165) is 5.69 Å². The summed E-state index contributed by atoms with van der Waals surface area (Å²) >= 11 is 0. The smallest absolute Gasteiger partial charge is 0.273 e. The van der Waals surface area contributed by atoms with Gasteiger partial charge in [0.2, 0.25) is 0 Å². The number of carbonyl (C=O) groups excluding carboxylic acids is 2. The van der Waals surface area contributed by atoms with Gasteiger partial charge in [-0.2, -0.15) is 0 Å². The van der Waals surface area contributed by atoms with E-state index in [9.17, 15) is 9.59 Å². The summed E-state index contributed by atoms with van der Waals surface area (Å²) in [4.78, 5) is 23.3. The predicted octanol–water partition coefficient (Wildman–Crippen LogP) is 0.767. The number of benzene rings is 1. The average Bonchev–Trinajstić information content (AvgIpc) is 2.98. The molecule has 0 radical (unpaired) electrons. The maximum Gasteiger partial charge on any atom is 0.273 e. The third kappa shape index (κ3) is 3.44. The Morgan fingerprint density at radius 1 is 1.05 bits per heavy atom. The van der Waals surface area contributed by atoms with E-state index in [1.165, 1.54) is 4.68 Å². The van der Waals surface area contributed by atoms with Crippen LogP contribution in [0.3, 0.4) is 0 Å². The Bertz CT molecular complexity index is 633. The number of nitrogens with one attached hydrogen (secondary N) is 2. The lowest BCUT2D eigenvalue weighted by Gasteiger charge is -2.03. The Morgan fingerprint density at radius 3 is 2.29 bits per heavy atom. The molecule has 2 N–H and O–H groups in total. The zero-order valence-electron chi connectivity index (χ0n) is 12.0. The molecule has 2 rings (SSSR count). The van der Waals surface area contributed by atoms with Gasteiger partial charge in [-0.05, 0) is 38.1 Å². The number of hydrogen-bond donors (Lipinski definition) is 2. The SMILES string of the molecule is CCNC(=O)c1ccc(-n2cc(C(=O)NCC)nn2)cc1. The number of nitrogens with zero attached hydrogens (tertiary/aromatic N) is 3. The highest BCUT2D eigenvalue weighted by Gasteiger charge is 2.10. The molecule has 1 aromatic carbocycles. The highest BCUT2D eigenvalue weighted by Crippen LogP contribution is 2.09. The minimum Gasteiger partial charge on any atom is -0.352 e. The minimum absolute atomic E-state index is 0.120. The maximum atomic E-state index is 11.7. The van der Waals surface area contributed by atoms with Crippen molar-refractivity contribution in [3.05, 3.63) is 41.7 Å². The van der Waals surface area contributed by atoms with Crippen molar-refractivity contribution in [2.45, 2.75) is 13.8 Å². The first kappa shape index (κ1) is 14.7. The number of carbonyl (C=O) groups is 2. The lowest BCUT2D eigenvalue weighted by molar-refractivity contribution is 0.0944. The molecule has 0 aliphatic carbocycles. The highest BCUT2D eigenvalue weighted by atomic mass is 16.2. The Balaban J connectivity index is 2.15. The molecule has 0 spiro atoms. The molecule has 110 valence electrons. The molecular weight excluding hydrogens is 270 g/mol. The number of amides is 2. The predicted molar refractivity (Wildman–Crippen MR) is 77.4 cm³/mol. The van der Waals surface area contributed by atoms with Gasteiger partial charge < -0.3 is 10.6 Å². The molecule has 0 fully saturated rings. The van der Waals surface area contributed by atoms with Crippen molar-refractivity contribution in [3.8, 4) is 5.69 Å². The molecular formula is C14H17N5O2. The van der Waals surface area contributed by atoms with Crippen molar-refractivity contribution in [1.82, 2.24) is 25.6 Å². The van der Waals surface area contributed by atoms with Crippen molar-refractivity contribution < 1.29 is 9.59 Å². The van der Waals surface area contributed by atoms with E-state index in [-0.39, 0.29) is 17.5 Å². The van der Waals surface area contributed by atoms with Crippen molar-refractivity contribution in [2.75, 3.05) is 13.1 Å². The lowest BCUT2D eigenvalue weighted by Crippen LogP contribution is -2.22. The molecule has 0 aliphatic heterocycles. The first-order valence-corrected chi connectivity index (χ1v) is 6.75. The van der Waals surface area contributed by atoms with Crippen molar-refractivity contribution in [1.29, 1.82) is 0 Å². The second kappa shape index (κ2) is 6.65. The maximum absolute atomic E-state index is 11.7. The first-order valence-electron chi connectivity index (χ1n) is 6.75. The molecule has 2 aromatic rings. The molecule has 0 saturated carbocycles. The normalized spacial score (nSPS) is 10.2. The molecule has 0 atom stereocenters. The van der Waals surface area contributed by atoms with Crippen LogP contribution in [-0.4, -0.2) is 39.9 Å². The second-order valence-electron chi connectivity index (χ2n) is 4.31. The van der Waals surface area contributed by atoms with E-state index < -0.39 is 0 Å². The fraction of sp³-hybridized carbons (Fsp3) is 0.286. The standard InChI is InChI=1S/C14H17N5O2/c1-3-15-13(20)10-5-7-11(8-6-10)19-9-12(17-18-19)14(21)16-4-2/h5-9H,3-4H2,1-2H3,(H,15,20)(H,16,21). The van der Waals surface area contributed by atoms with Crippen LogP contribution in [0.15, 0.2) is 30.5 Å². The molecule has 0 saturated heterocycles. The van der Waals surface area contributed by atoms with Gasteiger partial charge in [0.15, 0.2) is 5.69 Å². The van der Waals surface area contributed by atoms with Gasteiger partial charge in [0.1, 0.15) is 0 Å². The average molecular weight is 287 g/mol. The molecule has 21 heavy (non-hydrogen) atoms.